The summed E-state index contributed by atoms with van der Waals surface area (Å²) in [7, 11) is 1.99. The molecule has 1 heterocycles. The topological polar surface area (TPSA) is 70.9 Å². The maximum absolute atomic E-state index is 8.39. The minimum absolute atomic E-state index is 0.567. The monoisotopic (exact) mass is 193 g/mol. The fourth-order valence-electron chi connectivity index (χ4n) is 1.13. The molecule has 2 N–H and O–H groups in total. The molecule has 1 aromatic heterocycles. The molecule has 0 fully saturated rings. The number of nitrogens with zero attached hydrogens (tertiary/aromatic N) is 4. The van der Waals surface area contributed by atoms with Crippen LogP contribution in [-0.2, 0) is 6.54 Å². The van der Waals surface area contributed by atoms with Gasteiger partial charge in [-0.05, 0) is 7.05 Å². The number of hydrogen-bond donors (Lipinski definition) is 1. The second-order valence-electron chi connectivity index (χ2n) is 3.25. The Balaban J connectivity index is 2.24. The smallest absolute Gasteiger partial charge is 0.0719 e. The van der Waals surface area contributed by atoms with Crippen LogP contribution in [0.4, 0.5) is 5.69 Å². The molecule has 0 bridgehead atoms. The van der Waals surface area contributed by atoms with Crippen molar-refractivity contribution in [3.63, 3.8) is 0 Å². The Morgan fingerprint density at radius 2 is 2.43 bits per heavy atom. The van der Waals surface area contributed by atoms with E-state index in [0.29, 0.717) is 12.1 Å². The molecule has 0 saturated carbocycles. The Labute approximate surface area is 83.7 Å². The Kier molecular flexibility index (Phi) is 3.95. The molecular weight excluding hydrogens is 178 g/mol. The number of aromatic nitrogens is 2. The Morgan fingerprint density at radius 3 is 3.00 bits per heavy atom. The first-order valence-electron chi connectivity index (χ1n) is 4.56. The van der Waals surface area contributed by atoms with E-state index in [1.165, 1.54) is 0 Å². The van der Waals surface area contributed by atoms with Crippen LogP contribution in [0.15, 0.2) is 12.4 Å². The maximum atomic E-state index is 8.39. The SMILES string of the molecule is CN(CCC#N)CCn1cc(N)cn1. The summed E-state index contributed by atoms with van der Waals surface area (Å²) in [5.74, 6) is 0. The molecule has 0 amide bonds. The molecule has 0 aliphatic rings. The van der Waals surface area contributed by atoms with E-state index in [1.807, 2.05) is 7.05 Å². The number of rotatable bonds is 5. The summed E-state index contributed by atoms with van der Waals surface area (Å²) < 4.78 is 1.80. The summed E-state index contributed by atoms with van der Waals surface area (Å²) in [6, 6.07) is 2.12. The molecule has 0 saturated heterocycles. The van der Waals surface area contributed by atoms with Crippen LogP contribution in [0.5, 0.6) is 0 Å². The van der Waals surface area contributed by atoms with E-state index in [4.69, 9.17) is 11.0 Å². The Hall–Kier alpha value is -1.54. The first-order valence-corrected chi connectivity index (χ1v) is 4.56. The second kappa shape index (κ2) is 5.25. The zero-order chi connectivity index (χ0) is 10.4. The van der Waals surface area contributed by atoms with Gasteiger partial charge in [0.25, 0.3) is 0 Å². The number of likely N-dealkylation sites (N-methyl/N-ethyl adjacent to an activating group) is 1. The Morgan fingerprint density at radius 1 is 1.64 bits per heavy atom. The van der Waals surface area contributed by atoms with Crippen LogP contribution in [0.25, 0.3) is 0 Å². The first-order chi connectivity index (χ1) is 6.72. The molecule has 0 aromatic carbocycles. The minimum atomic E-state index is 0.567. The van der Waals surface area contributed by atoms with Crippen LogP contribution in [0.3, 0.4) is 0 Å². The molecule has 0 unspecified atom stereocenters. The number of nitriles is 1. The van der Waals surface area contributed by atoms with Gasteiger partial charge in [0.05, 0.1) is 24.5 Å². The number of anilines is 1. The lowest BCUT2D eigenvalue weighted by Gasteiger charge is -2.14. The van der Waals surface area contributed by atoms with Crippen LogP contribution in [0.2, 0.25) is 0 Å². The van der Waals surface area contributed by atoms with Gasteiger partial charge in [-0.15, -0.1) is 0 Å². The van der Waals surface area contributed by atoms with Crippen LogP contribution in [-0.4, -0.2) is 34.8 Å². The predicted octanol–water partition coefficient (Wildman–Crippen LogP) is 0.311. The lowest BCUT2D eigenvalue weighted by molar-refractivity contribution is 0.319. The van der Waals surface area contributed by atoms with Gasteiger partial charge in [0.1, 0.15) is 0 Å². The van der Waals surface area contributed by atoms with Gasteiger partial charge in [0, 0.05) is 25.7 Å². The van der Waals surface area contributed by atoms with Gasteiger partial charge >= 0.3 is 0 Å². The molecule has 5 heteroatoms. The van der Waals surface area contributed by atoms with E-state index in [9.17, 15) is 0 Å². The standard InChI is InChI=1S/C9H15N5/c1-13(4-2-3-10)5-6-14-8-9(11)7-12-14/h7-8H,2,4-6,11H2,1H3. The molecular formula is C9H15N5. The van der Waals surface area contributed by atoms with Crippen LogP contribution >= 0.6 is 0 Å². The quantitative estimate of drug-likeness (QED) is 0.730. The lowest BCUT2D eigenvalue weighted by Crippen LogP contribution is -2.24. The molecule has 0 radical (unpaired) electrons. The van der Waals surface area contributed by atoms with Gasteiger partial charge in [0.15, 0.2) is 0 Å². The van der Waals surface area contributed by atoms with Gasteiger partial charge in [-0.25, -0.2) is 0 Å². The lowest BCUT2D eigenvalue weighted by atomic mass is 10.4. The van der Waals surface area contributed by atoms with Crippen LogP contribution in [0.1, 0.15) is 6.42 Å². The maximum Gasteiger partial charge on any atom is 0.0719 e. The fraction of sp³-hybridized carbons (Fsp3) is 0.556. The van der Waals surface area contributed by atoms with E-state index in [-0.39, 0.29) is 0 Å². The highest BCUT2D eigenvalue weighted by Crippen LogP contribution is 1.97. The molecule has 5 nitrogen and oxygen atoms in total. The molecule has 76 valence electrons. The van der Waals surface area contributed by atoms with Crippen molar-refractivity contribution in [2.75, 3.05) is 25.9 Å². The van der Waals surface area contributed by atoms with Crippen molar-refractivity contribution in [3.8, 4) is 6.07 Å². The molecule has 0 aliphatic carbocycles. The molecule has 0 spiro atoms. The van der Waals surface area contributed by atoms with Crippen molar-refractivity contribution >= 4 is 5.69 Å². The van der Waals surface area contributed by atoms with E-state index in [1.54, 1.807) is 17.1 Å². The predicted molar refractivity (Wildman–Crippen MR) is 54.4 cm³/mol. The molecule has 0 aliphatic heterocycles. The van der Waals surface area contributed by atoms with E-state index in [0.717, 1.165) is 19.6 Å². The van der Waals surface area contributed by atoms with Gasteiger partial charge in [0.2, 0.25) is 0 Å². The van der Waals surface area contributed by atoms with Gasteiger partial charge < -0.3 is 10.6 Å². The summed E-state index contributed by atoms with van der Waals surface area (Å²) in [4.78, 5) is 2.10. The van der Waals surface area contributed by atoms with Crippen molar-refractivity contribution in [3.05, 3.63) is 12.4 Å². The highest BCUT2D eigenvalue weighted by molar-refractivity contribution is 5.30. The zero-order valence-corrected chi connectivity index (χ0v) is 8.35. The normalized spacial score (nSPS) is 10.4. The van der Waals surface area contributed by atoms with Gasteiger partial charge in [-0.3, -0.25) is 4.68 Å². The largest absolute Gasteiger partial charge is 0.396 e. The number of nitrogen functional groups attached to an aromatic ring is 1. The van der Waals surface area contributed by atoms with Crippen molar-refractivity contribution in [1.82, 2.24) is 14.7 Å². The summed E-state index contributed by atoms with van der Waals surface area (Å²) in [5.41, 5.74) is 6.21. The van der Waals surface area contributed by atoms with Crippen LogP contribution < -0.4 is 5.73 Å². The molecule has 14 heavy (non-hydrogen) atoms. The third-order valence-corrected chi connectivity index (χ3v) is 1.97. The highest BCUT2D eigenvalue weighted by Gasteiger charge is 1.99. The molecule has 1 aromatic rings. The molecule has 0 atom stereocenters. The fourth-order valence-corrected chi connectivity index (χ4v) is 1.13. The zero-order valence-electron chi connectivity index (χ0n) is 8.35. The number of nitrogens with two attached hydrogens (primary N) is 1. The van der Waals surface area contributed by atoms with E-state index >= 15 is 0 Å². The second-order valence-corrected chi connectivity index (χ2v) is 3.25. The molecule has 1 rings (SSSR count). The summed E-state index contributed by atoms with van der Waals surface area (Å²) in [6.45, 7) is 2.48. The summed E-state index contributed by atoms with van der Waals surface area (Å²) in [5, 5.41) is 12.5. The van der Waals surface area contributed by atoms with Crippen molar-refractivity contribution < 1.29 is 0 Å². The van der Waals surface area contributed by atoms with E-state index in [2.05, 4.69) is 16.1 Å². The van der Waals surface area contributed by atoms with Crippen molar-refractivity contribution in [2.45, 2.75) is 13.0 Å². The minimum Gasteiger partial charge on any atom is -0.396 e. The number of hydrogen-bond acceptors (Lipinski definition) is 4. The van der Waals surface area contributed by atoms with Crippen LogP contribution in [0, 0.1) is 11.3 Å². The average Bonchev–Trinajstić information content (AvgIpc) is 2.58. The highest BCUT2D eigenvalue weighted by atomic mass is 15.3. The third kappa shape index (κ3) is 3.46. The van der Waals surface area contributed by atoms with Gasteiger partial charge in [-0.2, -0.15) is 10.4 Å². The third-order valence-electron chi connectivity index (χ3n) is 1.97. The summed E-state index contributed by atoms with van der Waals surface area (Å²) >= 11 is 0. The first kappa shape index (κ1) is 10.5. The van der Waals surface area contributed by atoms with E-state index < -0.39 is 0 Å². The van der Waals surface area contributed by atoms with Gasteiger partial charge in [-0.1, -0.05) is 0 Å². The van der Waals surface area contributed by atoms with Crippen molar-refractivity contribution in [2.24, 2.45) is 0 Å². The van der Waals surface area contributed by atoms with Crippen molar-refractivity contribution in [1.29, 1.82) is 5.26 Å². The Bertz CT molecular complexity index is 311. The average molecular weight is 193 g/mol. The summed E-state index contributed by atoms with van der Waals surface area (Å²) in [6.07, 6.45) is 4.01.